The Kier molecular flexibility index (Phi) is 4.23. The maximum absolute atomic E-state index is 12.4. The Bertz CT molecular complexity index is 602. The van der Waals surface area contributed by atoms with E-state index in [2.05, 4.69) is 4.98 Å². The van der Waals surface area contributed by atoms with Gasteiger partial charge in [0.15, 0.2) is 6.29 Å². The van der Waals surface area contributed by atoms with Crippen LogP contribution in [0, 0.1) is 6.92 Å². The maximum atomic E-state index is 12.4. The topological polar surface area (TPSA) is 30.0 Å². The fourth-order valence-electron chi connectivity index (χ4n) is 1.79. The monoisotopic (exact) mass is 299 g/mol. The fourth-order valence-corrected chi connectivity index (χ4v) is 2.69. The van der Waals surface area contributed by atoms with Gasteiger partial charge in [-0.3, -0.25) is 4.79 Å². The summed E-state index contributed by atoms with van der Waals surface area (Å²) in [5, 5.41) is 0.824. The Labute approximate surface area is 118 Å². The number of hydrogen-bond acceptors (Lipinski definition) is 3. The number of aromatic nitrogens is 1. The summed E-state index contributed by atoms with van der Waals surface area (Å²) in [5.74, 6) is 0. The van der Waals surface area contributed by atoms with Gasteiger partial charge in [-0.1, -0.05) is 12.1 Å². The lowest BCUT2D eigenvalue weighted by atomic mass is 10.1. The van der Waals surface area contributed by atoms with Crippen LogP contribution in [0.1, 0.15) is 31.5 Å². The van der Waals surface area contributed by atoms with Crippen molar-refractivity contribution in [2.24, 2.45) is 0 Å². The zero-order chi connectivity index (χ0) is 14.8. The zero-order valence-corrected chi connectivity index (χ0v) is 11.5. The third-order valence-corrected chi connectivity index (χ3v) is 3.94. The molecular formula is C14H12F3NOS. The minimum absolute atomic E-state index is 0.442. The molecule has 1 heterocycles. The van der Waals surface area contributed by atoms with Gasteiger partial charge in [0.25, 0.3) is 0 Å². The molecule has 0 aliphatic rings. The van der Waals surface area contributed by atoms with Gasteiger partial charge in [0.1, 0.15) is 5.69 Å². The van der Waals surface area contributed by atoms with E-state index < -0.39 is 11.7 Å². The number of halogens is 3. The van der Waals surface area contributed by atoms with E-state index in [-0.39, 0.29) is 0 Å². The van der Waals surface area contributed by atoms with Crippen molar-refractivity contribution in [1.82, 2.24) is 4.98 Å². The van der Waals surface area contributed by atoms with Gasteiger partial charge in [0.2, 0.25) is 0 Å². The van der Waals surface area contributed by atoms with Crippen LogP contribution in [0.15, 0.2) is 24.3 Å². The third kappa shape index (κ3) is 3.45. The largest absolute Gasteiger partial charge is 0.416 e. The Morgan fingerprint density at radius 3 is 2.35 bits per heavy atom. The van der Waals surface area contributed by atoms with Crippen molar-refractivity contribution in [3.05, 3.63) is 51.0 Å². The molecule has 2 nitrogen and oxygen atoms in total. The molecule has 2 aromatic rings. The second-order valence-corrected chi connectivity index (χ2v) is 5.65. The fraction of sp³-hybridized carbons (Fsp3) is 0.286. The highest BCUT2D eigenvalue weighted by molar-refractivity contribution is 7.11. The molecule has 1 aromatic heterocycles. The molecule has 0 aliphatic carbocycles. The minimum Gasteiger partial charge on any atom is -0.296 e. The Balaban J connectivity index is 2.02. The molecule has 6 heteroatoms. The predicted molar refractivity (Wildman–Crippen MR) is 71.1 cm³/mol. The molecule has 0 bridgehead atoms. The number of thiazole rings is 1. The summed E-state index contributed by atoms with van der Waals surface area (Å²) < 4.78 is 37.2. The number of benzene rings is 1. The van der Waals surface area contributed by atoms with Crippen molar-refractivity contribution in [2.45, 2.75) is 25.9 Å². The molecule has 0 unspecified atom stereocenters. The van der Waals surface area contributed by atoms with Crippen LogP contribution in [0.3, 0.4) is 0 Å². The maximum Gasteiger partial charge on any atom is 0.416 e. The highest BCUT2D eigenvalue weighted by atomic mass is 32.1. The van der Waals surface area contributed by atoms with Crippen molar-refractivity contribution in [1.29, 1.82) is 0 Å². The number of aryl methyl sites for hydroxylation is 3. The first kappa shape index (κ1) is 14.7. The molecule has 106 valence electrons. The van der Waals surface area contributed by atoms with Gasteiger partial charge in [-0.2, -0.15) is 13.2 Å². The Hall–Kier alpha value is -1.69. The van der Waals surface area contributed by atoms with Gasteiger partial charge >= 0.3 is 6.18 Å². The van der Waals surface area contributed by atoms with Crippen molar-refractivity contribution < 1.29 is 18.0 Å². The van der Waals surface area contributed by atoms with Crippen LogP contribution in [0.5, 0.6) is 0 Å². The first-order valence-electron chi connectivity index (χ1n) is 5.98. The summed E-state index contributed by atoms with van der Waals surface area (Å²) in [6.07, 6.45) is -2.37. The molecule has 0 saturated heterocycles. The van der Waals surface area contributed by atoms with Gasteiger partial charge < -0.3 is 0 Å². The van der Waals surface area contributed by atoms with Crippen molar-refractivity contribution in [3.63, 3.8) is 0 Å². The van der Waals surface area contributed by atoms with Crippen LogP contribution in [0.2, 0.25) is 0 Å². The summed E-state index contributed by atoms with van der Waals surface area (Å²) in [5.41, 5.74) is 0.616. The Morgan fingerprint density at radius 1 is 1.20 bits per heavy atom. The van der Waals surface area contributed by atoms with Gasteiger partial charge in [-0.15, -0.1) is 11.3 Å². The van der Waals surface area contributed by atoms with Crippen LogP contribution in [0.25, 0.3) is 0 Å². The van der Waals surface area contributed by atoms with E-state index in [1.807, 2.05) is 6.92 Å². The van der Waals surface area contributed by atoms with E-state index in [9.17, 15) is 18.0 Å². The van der Waals surface area contributed by atoms with E-state index in [1.165, 1.54) is 23.5 Å². The zero-order valence-electron chi connectivity index (χ0n) is 10.7. The highest BCUT2D eigenvalue weighted by Crippen LogP contribution is 2.29. The number of hydrogen-bond donors (Lipinski definition) is 0. The average Bonchev–Trinajstić information content (AvgIpc) is 2.76. The van der Waals surface area contributed by atoms with Crippen LogP contribution in [0.4, 0.5) is 13.2 Å². The smallest absolute Gasteiger partial charge is 0.296 e. The van der Waals surface area contributed by atoms with Gasteiger partial charge in [0, 0.05) is 11.3 Å². The van der Waals surface area contributed by atoms with E-state index in [1.54, 1.807) is 0 Å². The normalized spacial score (nSPS) is 11.6. The number of nitrogens with zero attached hydrogens (tertiary/aromatic N) is 1. The van der Waals surface area contributed by atoms with E-state index in [4.69, 9.17) is 0 Å². The van der Waals surface area contributed by atoms with E-state index >= 15 is 0 Å². The third-order valence-electron chi connectivity index (χ3n) is 2.90. The molecule has 2 rings (SSSR count). The molecule has 1 aromatic carbocycles. The van der Waals surface area contributed by atoms with Gasteiger partial charge in [-0.25, -0.2) is 4.98 Å². The number of carbonyl (C=O) groups is 1. The van der Waals surface area contributed by atoms with Crippen molar-refractivity contribution in [3.8, 4) is 0 Å². The standard InChI is InChI=1S/C14H12F3NOS/c1-9-12(8-19)18-13(20-9)7-4-10-2-5-11(6-3-10)14(15,16)17/h2-3,5-6,8H,4,7H2,1H3. The quantitative estimate of drug-likeness (QED) is 0.797. The number of aldehydes is 1. The number of rotatable bonds is 4. The summed E-state index contributed by atoms with van der Waals surface area (Å²) in [7, 11) is 0. The average molecular weight is 299 g/mol. The number of carbonyl (C=O) groups excluding carboxylic acids is 1. The van der Waals surface area contributed by atoms with Crippen LogP contribution in [-0.2, 0) is 19.0 Å². The van der Waals surface area contributed by atoms with E-state index in [0.717, 1.165) is 27.6 Å². The first-order chi connectivity index (χ1) is 9.40. The van der Waals surface area contributed by atoms with Crippen LogP contribution in [-0.4, -0.2) is 11.3 Å². The molecule has 0 atom stereocenters. The summed E-state index contributed by atoms with van der Waals surface area (Å²) >= 11 is 1.44. The lowest BCUT2D eigenvalue weighted by molar-refractivity contribution is -0.137. The molecule has 0 spiro atoms. The Morgan fingerprint density at radius 2 is 1.85 bits per heavy atom. The lowest BCUT2D eigenvalue weighted by Gasteiger charge is -2.07. The van der Waals surface area contributed by atoms with E-state index in [0.29, 0.717) is 24.8 Å². The minimum atomic E-state index is -4.30. The summed E-state index contributed by atoms with van der Waals surface area (Å²) in [6, 6.07) is 5.12. The molecule has 0 amide bonds. The molecule has 0 saturated carbocycles. The highest BCUT2D eigenvalue weighted by Gasteiger charge is 2.29. The second kappa shape index (κ2) is 5.75. The van der Waals surface area contributed by atoms with Crippen LogP contribution >= 0.6 is 11.3 Å². The van der Waals surface area contributed by atoms with Gasteiger partial charge in [0.05, 0.1) is 10.6 Å². The van der Waals surface area contributed by atoms with Crippen LogP contribution < -0.4 is 0 Å². The molecule has 0 fully saturated rings. The number of alkyl halides is 3. The molecule has 0 radical (unpaired) electrons. The molecule has 20 heavy (non-hydrogen) atoms. The molecular weight excluding hydrogens is 287 g/mol. The van der Waals surface area contributed by atoms with Crippen molar-refractivity contribution in [2.75, 3.05) is 0 Å². The molecule has 0 N–H and O–H groups in total. The SMILES string of the molecule is Cc1sc(CCc2ccc(C(F)(F)F)cc2)nc1C=O. The summed E-state index contributed by atoms with van der Waals surface area (Å²) in [6.45, 7) is 1.82. The molecule has 0 aliphatic heterocycles. The second-order valence-electron chi connectivity index (χ2n) is 4.36. The lowest BCUT2D eigenvalue weighted by Crippen LogP contribution is -2.04. The predicted octanol–water partition coefficient (Wildman–Crippen LogP) is 4.07. The van der Waals surface area contributed by atoms with Gasteiger partial charge in [-0.05, 0) is 31.0 Å². The van der Waals surface area contributed by atoms with Crippen molar-refractivity contribution >= 4 is 17.6 Å². The summed E-state index contributed by atoms with van der Waals surface area (Å²) in [4.78, 5) is 15.7. The first-order valence-corrected chi connectivity index (χ1v) is 6.79.